The second-order valence-corrected chi connectivity index (χ2v) is 6.59. The van der Waals surface area contributed by atoms with E-state index in [1.54, 1.807) is 12.0 Å². The van der Waals surface area contributed by atoms with Crippen LogP contribution in [0.2, 0.25) is 0 Å². The van der Waals surface area contributed by atoms with Gasteiger partial charge in [-0.1, -0.05) is 42.5 Å². The number of hydrogen-bond donors (Lipinski definition) is 2. The van der Waals surface area contributed by atoms with Gasteiger partial charge in [0, 0.05) is 11.3 Å². The van der Waals surface area contributed by atoms with Crippen LogP contribution in [0.25, 0.3) is 11.0 Å². The van der Waals surface area contributed by atoms with Crippen molar-refractivity contribution in [2.24, 2.45) is 0 Å². The average molecular weight is 370 g/mol. The monoisotopic (exact) mass is 370 g/mol. The maximum atomic E-state index is 13.5. The zero-order valence-electron chi connectivity index (χ0n) is 15.2. The van der Waals surface area contributed by atoms with Gasteiger partial charge in [-0.2, -0.15) is 0 Å². The first kappa shape index (κ1) is 16.4. The minimum absolute atomic E-state index is 0.121. The Morgan fingerprint density at radius 2 is 1.71 bits per heavy atom. The van der Waals surface area contributed by atoms with Crippen LogP contribution in [0.5, 0.6) is 5.75 Å². The Bertz CT molecular complexity index is 1150. The van der Waals surface area contributed by atoms with Gasteiger partial charge in [-0.05, 0) is 30.3 Å². The van der Waals surface area contributed by atoms with Gasteiger partial charge in [-0.25, -0.2) is 4.98 Å². The molecule has 28 heavy (non-hydrogen) atoms. The van der Waals surface area contributed by atoms with Crippen LogP contribution in [0.1, 0.15) is 22.1 Å². The van der Waals surface area contributed by atoms with Gasteiger partial charge in [0.1, 0.15) is 11.9 Å². The lowest BCUT2D eigenvalue weighted by atomic mass is 10.0. The third-order valence-corrected chi connectivity index (χ3v) is 4.97. The van der Waals surface area contributed by atoms with Crippen LogP contribution in [0.15, 0.2) is 72.8 Å². The summed E-state index contributed by atoms with van der Waals surface area (Å²) < 4.78 is 5.56. The number of nitrogens with zero attached hydrogens (tertiary/aromatic N) is 2. The molecule has 0 spiro atoms. The maximum Gasteiger partial charge on any atom is 0.264 e. The highest BCUT2D eigenvalue weighted by atomic mass is 16.5. The van der Waals surface area contributed by atoms with Gasteiger partial charge in [0.15, 0.2) is 0 Å². The molecule has 0 bridgehead atoms. The number of benzene rings is 3. The number of H-pyrrole nitrogens is 1. The quantitative estimate of drug-likeness (QED) is 0.563. The lowest BCUT2D eigenvalue weighted by molar-refractivity contribution is 0.0973. The minimum atomic E-state index is -0.459. The molecule has 0 saturated heterocycles. The van der Waals surface area contributed by atoms with Crippen LogP contribution in [-0.4, -0.2) is 23.0 Å². The third-order valence-electron chi connectivity index (χ3n) is 4.97. The van der Waals surface area contributed by atoms with E-state index in [4.69, 9.17) is 4.74 Å². The molecule has 0 saturated carbocycles. The Balaban J connectivity index is 1.71. The van der Waals surface area contributed by atoms with Gasteiger partial charge in [0.05, 0.1) is 23.7 Å². The number of aromatic nitrogens is 2. The zero-order chi connectivity index (χ0) is 19.1. The number of carbonyl (C=O) groups is 1. The number of nitrogens with one attached hydrogen (secondary N) is 2. The van der Waals surface area contributed by atoms with Gasteiger partial charge in [0.2, 0.25) is 5.95 Å². The number of para-hydroxylation sites is 4. The fourth-order valence-corrected chi connectivity index (χ4v) is 3.64. The maximum absolute atomic E-state index is 13.5. The number of methoxy groups -OCH3 is 1. The second-order valence-electron chi connectivity index (χ2n) is 6.59. The fraction of sp³-hybridized carbons (Fsp3) is 0.0909. The first-order valence-electron chi connectivity index (χ1n) is 9.03. The second kappa shape index (κ2) is 6.42. The Hall–Kier alpha value is -3.80. The smallest absolute Gasteiger partial charge is 0.264 e. The fourth-order valence-electron chi connectivity index (χ4n) is 3.64. The standard InChI is InChI=1S/C22H18N4O2/c1-28-19-13-7-3-9-15(19)20-23-16-10-4-2-8-14(16)21(27)26(20)22-24-17-11-5-6-12-18(17)25-22/h2-13,20,23H,1H3,(H,24,25). The third kappa shape index (κ3) is 2.50. The van der Waals surface area contributed by atoms with Crippen molar-refractivity contribution in [3.8, 4) is 5.75 Å². The van der Waals surface area contributed by atoms with E-state index < -0.39 is 6.17 Å². The highest BCUT2D eigenvalue weighted by Crippen LogP contribution is 2.38. The van der Waals surface area contributed by atoms with E-state index in [9.17, 15) is 4.79 Å². The van der Waals surface area contributed by atoms with Gasteiger partial charge in [-0.15, -0.1) is 0 Å². The van der Waals surface area contributed by atoms with Crippen molar-refractivity contribution in [1.82, 2.24) is 9.97 Å². The van der Waals surface area contributed by atoms with Gasteiger partial charge >= 0.3 is 0 Å². The lowest BCUT2D eigenvalue weighted by Crippen LogP contribution is -2.43. The predicted octanol–water partition coefficient (Wildman–Crippen LogP) is 4.34. The minimum Gasteiger partial charge on any atom is -0.496 e. The Morgan fingerprint density at radius 3 is 2.57 bits per heavy atom. The van der Waals surface area contributed by atoms with E-state index in [2.05, 4.69) is 15.3 Å². The molecule has 4 aromatic rings. The first-order chi connectivity index (χ1) is 13.8. The SMILES string of the molecule is COc1ccccc1C1Nc2ccccc2C(=O)N1c1nc2ccccc2[nH]1. The van der Waals surface area contributed by atoms with Crippen molar-refractivity contribution in [3.63, 3.8) is 0 Å². The summed E-state index contributed by atoms with van der Waals surface area (Å²) in [6.07, 6.45) is -0.459. The van der Waals surface area contributed by atoms with Crippen LogP contribution < -0.4 is 15.0 Å². The molecule has 2 N–H and O–H groups in total. The highest BCUT2D eigenvalue weighted by Gasteiger charge is 2.37. The number of ether oxygens (including phenoxy) is 1. The predicted molar refractivity (Wildman–Crippen MR) is 109 cm³/mol. The van der Waals surface area contributed by atoms with E-state index >= 15 is 0 Å². The van der Waals surface area contributed by atoms with Crippen LogP contribution >= 0.6 is 0 Å². The molecule has 1 aromatic heterocycles. The summed E-state index contributed by atoms with van der Waals surface area (Å²) in [6, 6.07) is 22.9. The Morgan fingerprint density at radius 1 is 0.964 bits per heavy atom. The molecule has 2 heterocycles. The number of fused-ring (bicyclic) bond motifs is 2. The lowest BCUT2D eigenvalue weighted by Gasteiger charge is -2.36. The van der Waals surface area contributed by atoms with Crippen molar-refractivity contribution in [3.05, 3.63) is 83.9 Å². The molecule has 138 valence electrons. The molecule has 6 heteroatoms. The molecule has 0 aliphatic carbocycles. The normalized spacial score (nSPS) is 16.0. The van der Waals surface area contributed by atoms with Crippen molar-refractivity contribution < 1.29 is 9.53 Å². The summed E-state index contributed by atoms with van der Waals surface area (Å²) >= 11 is 0. The molecule has 1 atom stereocenters. The number of hydrogen-bond acceptors (Lipinski definition) is 4. The van der Waals surface area contributed by atoms with Crippen molar-refractivity contribution >= 4 is 28.6 Å². The number of rotatable bonds is 3. The summed E-state index contributed by atoms with van der Waals surface area (Å²) in [6.45, 7) is 0. The Labute approximate surface area is 161 Å². The van der Waals surface area contributed by atoms with Crippen LogP contribution in [-0.2, 0) is 0 Å². The molecule has 0 radical (unpaired) electrons. The molecule has 5 rings (SSSR count). The van der Waals surface area contributed by atoms with Crippen molar-refractivity contribution in [2.45, 2.75) is 6.17 Å². The number of anilines is 2. The van der Waals surface area contributed by atoms with Crippen LogP contribution in [0, 0.1) is 0 Å². The summed E-state index contributed by atoms with van der Waals surface area (Å²) in [5.74, 6) is 1.07. The zero-order valence-corrected chi connectivity index (χ0v) is 15.2. The van der Waals surface area contributed by atoms with E-state index in [-0.39, 0.29) is 5.91 Å². The van der Waals surface area contributed by atoms with Gasteiger partial charge in [-0.3, -0.25) is 9.69 Å². The highest BCUT2D eigenvalue weighted by molar-refractivity contribution is 6.11. The molecular weight excluding hydrogens is 352 g/mol. The number of aromatic amines is 1. The first-order valence-corrected chi connectivity index (χ1v) is 9.03. The van der Waals surface area contributed by atoms with Crippen LogP contribution in [0.4, 0.5) is 11.6 Å². The summed E-state index contributed by atoms with van der Waals surface area (Å²) in [5.41, 5.74) is 3.93. The van der Waals surface area contributed by atoms with E-state index in [1.807, 2.05) is 72.8 Å². The van der Waals surface area contributed by atoms with Crippen molar-refractivity contribution in [2.75, 3.05) is 17.3 Å². The van der Waals surface area contributed by atoms with Crippen molar-refractivity contribution in [1.29, 1.82) is 0 Å². The molecule has 3 aromatic carbocycles. The van der Waals surface area contributed by atoms with E-state index in [1.165, 1.54) is 0 Å². The summed E-state index contributed by atoms with van der Waals surface area (Å²) in [5, 5.41) is 3.48. The summed E-state index contributed by atoms with van der Waals surface area (Å²) in [7, 11) is 1.63. The average Bonchev–Trinajstić information content (AvgIpc) is 3.17. The Kier molecular flexibility index (Phi) is 3.76. The topological polar surface area (TPSA) is 70.2 Å². The molecule has 1 aliphatic heterocycles. The molecule has 1 aliphatic rings. The summed E-state index contributed by atoms with van der Waals surface area (Å²) in [4.78, 5) is 23.1. The molecule has 1 amide bonds. The largest absolute Gasteiger partial charge is 0.496 e. The molecule has 0 fully saturated rings. The molecular formula is C22H18N4O2. The van der Waals surface area contributed by atoms with E-state index in [0.29, 0.717) is 17.3 Å². The van der Waals surface area contributed by atoms with E-state index in [0.717, 1.165) is 22.3 Å². The van der Waals surface area contributed by atoms with Crippen LogP contribution in [0.3, 0.4) is 0 Å². The molecule has 6 nitrogen and oxygen atoms in total. The number of carbonyl (C=O) groups excluding carboxylic acids is 1. The van der Waals surface area contributed by atoms with Gasteiger partial charge in [0.25, 0.3) is 5.91 Å². The molecule has 1 unspecified atom stereocenters. The number of amides is 1. The number of imidazole rings is 1. The van der Waals surface area contributed by atoms with Gasteiger partial charge < -0.3 is 15.0 Å².